The van der Waals surface area contributed by atoms with Crippen LogP contribution < -0.4 is 16.3 Å². The summed E-state index contributed by atoms with van der Waals surface area (Å²) in [5.41, 5.74) is 5.36. The van der Waals surface area contributed by atoms with Gasteiger partial charge in [0.15, 0.2) is 6.29 Å². The summed E-state index contributed by atoms with van der Waals surface area (Å²) in [6.07, 6.45) is 0.762. The van der Waals surface area contributed by atoms with Crippen molar-refractivity contribution in [3.63, 3.8) is 0 Å². The number of aliphatic hydroxyl groups is 1. The monoisotopic (exact) mass is 671 g/mol. The molecule has 6 rings (SSSR count). The summed E-state index contributed by atoms with van der Waals surface area (Å²) >= 11 is 0. The number of hydrogen-bond donors (Lipinski definition) is 4. The Balaban J connectivity index is 1.12. The van der Waals surface area contributed by atoms with E-state index in [1.165, 1.54) is 0 Å². The third kappa shape index (κ3) is 8.22. The second-order valence-corrected chi connectivity index (χ2v) is 12.8. The number of benzene rings is 3. The first kappa shape index (κ1) is 34.4. The molecule has 2 amide bonds. The number of likely N-dealkylation sites (tertiary alicyclic amines) is 1. The van der Waals surface area contributed by atoms with Gasteiger partial charge in [0.1, 0.15) is 6.54 Å². The molecule has 0 aliphatic carbocycles. The van der Waals surface area contributed by atoms with Crippen molar-refractivity contribution >= 4 is 23.0 Å². The van der Waals surface area contributed by atoms with Gasteiger partial charge in [0.05, 0.1) is 36.5 Å². The van der Waals surface area contributed by atoms with Crippen molar-refractivity contribution < 1.29 is 28.9 Å². The first-order valence-corrected chi connectivity index (χ1v) is 17.0. The van der Waals surface area contributed by atoms with Gasteiger partial charge in [0, 0.05) is 43.7 Å². The Kier molecular flexibility index (Phi) is 11.1. The van der Waals surface area contributed by atoms with Crippen LogP contribution in [-0.4, -0.2) is 70.4 Å². The number of rotatable bonds is 11. The van der Waals surface area contributed by atoms with E-state index >= 15 is 0 Å². The number of hydrogen-bond acceptors (Lipinski definition) is 8. The van der Waals surface area contributed by atoms with E-state index in [0.717, 1.165) is 65.8 Å². The minimum Gasteiger partial charge on any atom is -0.465 e. The smallest absolute Gasteiger partial charge is 0.326 e. The molecular weight excluding hydrogens is 626 g/mol. The Hall–Kier alpha value is -4.49. The van der Waals surface area contributed by atoms with Crippen LogP contribution in [0.1, 0.15) is 67.4 Å². The van der Waals surface area contributed by atoms with Crippen LogP contribution in [0.4, 0.5) is 4.79 Å². The van der Waals surface area contributed by atoms with Crippen molar-refractivity contribution in [3.8, 4) is 0 Å². The lowest BCUT2D eigenvalue weighted by Gasteiger charge is -2.44. The Bertz CT molecular complexity index is 1760. The van der Waals surface area contributed by atoms with Gasteiger partial charge in [-0.3, -0.25) is 9.36 Å². The Labute approximate surface area is 285 Å². The molecule has 2 aliphatic heterocycles. The molecule has 260 valence electrons. The van der Waals surface area contributed by atoms with Crippen LogP contribution in [0.3, 0.4) is 0 Å². The number of aromatic nitrogens is 2. The molecule has 0 saturated carbocycles. The molecule has 12 nitrogen and oxygen atoms in total. The van der Waals surface area contributed by atoms with Crippen molar-refractivity contribution in [3.05, 3.63) is 106 Å². The molecule has 4 aromatic rings. The predicted octanol–water partition coefficient (Wildman–Crippen LogP) is 4.31. The molecule has 0 bridgehead atoms. The molecule has 0 radical (unpaired) electrons. The van der Waals surface area contributed by atoms with E-state index in [-0.39, 0.29) is 56.2 Å². The fraction of sp³-hybridized carbons (Fsp3) is 0.432. The third-order valence-electron chi connectivity index (χ3n) is 9.51. The fourth-order valence-corrected chi connectivity index (χ4v) is 6.78. The first-order valence-electron chi connectivity index (χ1n) is 17.0. The summed E-state index contributed by atoms with van der Waals surface area (Å²) in [6.45, 7) is 6.61. The summed E-state index contributed by atoms with van der Waals surface area (Å²) in [7, 11) is 0. The molecule has 0 unspecified atom stereocenters. The number of fused-ring (bicyclic) bond motifs is 1. The number of carbonyl (C=O) groups is 2. The highest BCUT2D eigenvalue weighted by molar-refractivity contribution is 5.80. The normalized spacial score (nSPS) is 21.8. The number of ether oxygens (including phenoxy) is 3. The van der Waals surface area contributed by atoms with E-state index in [2.05, 4.69) is 27.4 Å². The highest BCUT2D eigenvalue weighted by Gasteiger charge is 2.39. The number of piperidine rings is 1. The lowest BCUT2D eigenvalue weighted by molar-refractivity contribution is -0.276. The number of carbonyl (C=O) groups excluding carboxylic acids is 2. The minimum absolute atomic E-state index is 0.0232. The molecule has 3 heterocycles. The van der Waals surface area contributed by atoms with Crippen LogP contribution in [0.15, 0.2) is 77.6 Å². The van der Waals surface area contributed by atoms with Crippen LogP contribution in [0.2, 0.25) is 0 Å². The van der Waals surface area contributed by atoms with Crippen LogP contribution >= 0.6 is 0 Å². The van der Waals surface area contributed by atoms with Crippen LogP contribution in [0.25, 0.3) is 11.0 Å². The van der Waals surface area contributed by atoms with Gasteiger partial charge in [-0.25, -0.2) is 9.59 Å². The number of nitrogens with zero attached hydrogens (tertiary/aromatic N) is 2. The molecule has 1 aromatic heterocycles. The number of nitrogens with one attached hydrogen (secondary N) is 3. The number of para-hydroxylation sites is 2. The standard InChI is InChI=1S/C37H45N5O7/c1-3-47-33(44)21-39-36(45)38-20-25-8-14-28(15-9-25)35-48-32(24(2)34(49-35)27-12-10-26(23-43)11-13-27)22-41-18-16-29(17-19-41)42-31-7-5-4-6-30(31)40-37(42)46/h4-15,24,29,32,34-35,43H,3,16-23H2,1-2H3,(H,40,46)(H2,38,39,45)/t24-,32+,34+,35+/m1/s1. The number of H-pyrrole nitrogens is 1. The fourth-order valence-electron chi connectivity index (χ4n) is 6.78. The van der Waals surface area contributed by atoms with Crippen molar-refractivity contribution in [1.29, 1.82) is 0 Å². The van der Waals surface area contributed by atoms with Crippen LogP contribution in [0, 0.1) is 5.92 Å². The molecule has 49 heavy (non-hydrogen) atoms. The summed E-state index contributed by atoms with van der Waals surface area (Å²) in [6, 6.07) is 23.1. The van der Waals surface area contributed by atoms with E-state index in [0.29, 0.717) is 0 Å². The van der Waals surface area contributed by atoms with Gasteiger partial charge in [-0.1, -0.05) is 67.6 Å². The van der Waals surface area contributed by atoms with Gasteiger partial charge in [-0.15, -0.1) is 0 Å². The molecule has 2 aliphatic rings. The van der Waals surface area contributed by atoms with Crippen molar-refractivity contribution in [2.24, 2.45) is 5.92 Å². The molecular formula is C37H45N5O7. The number of aromatic amines is 1. The maximum absolute atomic E-state index is 12.8. The molecule has 2 fully saturated rings. The zero-order chi connectivity index (χ0) is 34.3. The van der Waals surface area contributed by atoms with E-state index in [1.807, 2.05) is 77.4 Å². The Morgan fingerprint density at radius 1 is 0.939 bits per heavy atom. The summed E-state index contributed by atoms with van der Waals surface area (Å²) in [5.74, 6) is -0.446. The number of aliphatic hydroxyl groups excluding tert-OH is 1. The van der Waals surface area contributed by atoms with Gasteiger partial charge in [-0.2, -0.15) is 0 Å². The molecule has 4 atom stereocenters. The maximum Gasteiger partial charge on any atom is 0.326 e. The summed E-state index contributed by atoms with van der Waals surface area (Å²) in [4.78, 5) is 41.9. The zero-order valence-corrected chi connectivity index (χ0v) is 28.0. The van der Waals surface area contributed by atoms with E-state index in [9.17, 15) is 19.5 Å². The molecule has 4 N–H and O–H groups in total. The van der Waals surface area contributed by atoms with Gasteiger partial charge in [-0.05, 0) is 48.6 Å². The summed E-state index contributed by atoms with van der Waals surface area (Å²) in [5, 5.41) is 14.8. The van der Waals surface area contributed by atoms with Gasteiger partial charge >= 0.3 is 17.7 Å². The van der Waals surface area contributed by atoms with E-state index in [4.69, 9.17) is 14.2 Å². The highest BCUT2D eigenvalue weighted by atomic mass is 16.7. The highest BCUT2D eigenvalue weighted by Crippen LogP contribution is 2.42. The number of amides is 2. The van der Waals surface area contributed by atoms with Crippen molar-refractivity contribution in [2.45, 2.75) is 64.4 Å². The average molecular weight is 672 g/mol. The van der Waals surface area contributed by atoms with Crippen LogP contribution in [-0.2, 0) is 32.2 Å². The predicted molar refractivity (Wildman–Crippen MR) is 184 cm³/mol. The Morgan fingerprint density at radius 2 is 1.63 bits per heavy atom. The first-order chi connectivity index (χ1) is 23.8. The quantitative estimate of drug-likeness (QED) is 0.173. The topological polar surface area (TPSA) is 147 Å². The SMILES string of the molecule is CCOC(=O)CNC(=O)NCc1ccc([C@H]2O[C@@H](CN3CCC(n4c(=O)[nH]c5ccccc54)CC3)[C@@H](C)[C@@H](c3ccc(CO)cc3)O2)cc1. The van der Waals surface area contributed by atoms with Crippen LogP contribution in [0.5, 0.6) is 0 Å². The molecule has 12 heteroatoms. The van der Waals surface area contributed by atoms with Crippen molar-refractivity contribution in [2.75, 3.05) is 32.8 Å². The molecule has 2 saturated heterocycles. The average Bonchev–Trinajstić information content (AvgIpc) is 3.47. The maximum atomic E-state index is 12.8. The largest absolute Gasteiger partial charge is 0.465 e. The van der Waals surface area contributed by atoms with E-state index in [1.54, 1.807) is 6.92 Å². The molecule has 3 aromatic carbocycles. The van der Waals surface area contributed by atoms with Crippen molar-refractivity contribution in [1.82, 2.24) is 25.1 Å². The molecule has 0 spiro atoms. The second kappa shape index (κ2) is 15.8. The third-order valence-corrected chi connectivity index (χ3v) is 9.51. The second-order valence-electron chi connectivity index (χ2n) is 12.8. The lowest BCUT2D eigenvalue weighted by atomic mass is 9.89. The number of imidazole rings is 1. The summed E-state index contributed by atoms with van der Waals surface area (Å²) < 4.78 is 20.1. The van der Waals surface area contributed by atoms with E-state index < -0.39 is 18.3 Å². The van der Waals surface area contributed by atoms with Gasteiger partial charge < -0.3 is 39.8 Å². The van der Waals surface area contributed by atoms with Gasteiger partial charge in [0.25, 0.3) is 0 Å². The Morgan fingerprint density at radius 3 is 2.35 bits per heavy atom. The van der Waals surface area contributed by atoms with Gasteiger partial charge in [0.2, 0.25) is 0 Å². The minimum atomic E-state index is -0.610. The number of esters is 1. The zero-order valence-electron chi connectivity index (χ0n) is 28.0. The lowest BCUT2D eigenvalue weighted by Crippen LogP contribution is -2.47. The number of urea groups is 1.